The molecule has 0 radical (unpaired) electrons. The summed E-state index contributed by atoms with van der Waals surface area (Å²) in [6.07, 6.45) is 6.80. The zero-order valence-corrected chi connectivity index (χ0v) is 14.8. The molecule has 0 bridgehead atoms. The molecule has 19 heavy (non-hydrogen) atoms. The van der Waals surface area contributed by atoms with Crippen LogP contribution in [0.1, 0.15) is 73.6 Å². The molecule has 1 fully saturated rings. The Labute approximate surface area is 125 Å². The largest absolute Gasteiger partial charge is 0.313 e. The summed E-state index contributed by atoms with van der Waals surface area (Å²) in [5, 5.41) is 5.35. The first-order valence-electron chi connectivity index (χ1n) is 8.33. The second-order valence-corrected chi connectivity index (χ2v) is 8.59. The summed E-state index contributed by atoms with van der Waals surface area (Å²) in [5.74, 6) is 0.911. The van der Waals surface area contributed by atoms with Crippen molar-refractivity contribution < 1.29 is 0 Å². The van der Waals surface area contributed by atoms with Crippen molar-refractivity contribution in [1.29, 1.82) is 0 Å². The molecule has 0 spiro atoms. The lowest BCUT2D eigenvalue weighted by Gasteiger charge is -2.43. The molecular formula is C17H35NS. The van der Waals surface area contributed by atoms with E-state index in [1.54, 1.807) is 0 Å². The highest BCUT2D eigenvalue weighted by Crippen LogP contribution is 2.44. The molecule has 0 aliphatic heterocycles. The Bertz CT molecular complexity index is 252. The van der Waals surface area contributed by atoms with Gasteiger partial charge < -0.3 is 5.32 Å². The average Bonchev–Trinajstić information content (AvgIpc) is 2.40. The van der Waals surface area contributed by atoms with Gasteiger partial charge in [0.2, 0.25) is 0 Å². The van der Waals surface area contributed by atoms with Crippen molar-refractivity contribution >= 4 is 11.8 Å². The molecule has 0 amide bonds. The molecule has 4 atom stereocenters. The van der Waals surface area contributed by atoms with Crippen LogP contribution in [-0.2, 0) is 0 Å². The summed E-state index contributed by atoms with van der Waals surface area (Å²) in [5.41, 5.74) is 0.519. The predicted molar refractivity (Wildman–Crippen MR) is 90.0 cm³/mol. The fraction of sp³-hybridized carbons (Fsp3) is 1.00. The van der Waals surface area contributed by atoms with E-state index < -0.39 is 0 Å². The van der Waals surface area contributed by atoms with Crippen LogP contribution in [0.15, 0.2) is 0 Å². The minimum atomic E-state index is 0.519. The molecule has 1 aliphatic carbocycles. The number of thioether (sulfide) groups is 1. The lowest BCUT2D eigenvalue weighted by atomic mass is 9.68. The Morgan fingerprint density at radius 3 is 2.42 bits per heavy atom. The van der Waals surface area contributed by atoms with Crippen molar-refractivity contribution in [2.75, 3.05) is 6.54 Å². The van der Waals surface area contributed by atoms with Crippen molar-refractivity contribution in [2.24, 2.45) is 11.3 Å². The maximum atomic E-state index is 3.73. The van der Waals surface area contributed by atoms with Crippen LogP contribution in [0.5, 0.6) is 0 Å². The first-order chi connectivity index (χ1) is 8.94. The Morgan fingerprint density at radius 2 is 1.89 bits per heavy atom. The lowest BCUT2D eigenvalue weighted by Crippen LogP contribution is -2.45. The third kappa shape index (κ3) is 4.97. The molecule has 1 nitrogen and oxygen atoms in total. The third-order valence-electron chi connectivity index (χ3n) is 5.26. The van der Waals surface area contributed by atoms with Gasteiger partial charge in [-0.3, -0.25) is 0 Å². The molecule has 0 saturated heterocycles. The van der Waals surface area contributed by atoms with Gasteiger partial charge >= 0.3 is 0 Å². The minimum Gasteiger partial charge on any atom is -0.313 e. The standard InChI is InChI=1S/C17H35NS/c1-7-13(4)19-16-12-14(17(5,6)8-2)10-11-15(16)18-9-3/h13-16,18H,7-12H2,1-6H3. The van der Waals surface area contributed by atoms with Crippen molar-refractivity contribution in [3.05, 3.63) is 0 Å². The summed E-state index contributed by atoms with van der Waals surface area (Å²) in [4.78, 5) is 0. The van der Waals surface area contributed by atoms with Gasteiger partial charge in [0, 0.05) is 16.5 Å². The molecule has 1 rings (SSSR count). The fourth-order valence-corrected chi connectivity index (χ4v) is 4.72. The highest BCUT2D eigenvalue weighted by molar-refractivity contribution is 8.00. The number of hydrogen-bond acceptors (Lipinski definition) is 2. The van der Waals surface area contributed by atoms with Crippen LogP contribution in [0.2, 0.25) is 0 Å². The molecular weight excluding hydrogens is 250 g/mol. The van der Waals surface area contributed by atoms with Gasteiger partial charge in [-0.15, -0.1) is 0 Å². The average molecular weight is 286 g/mol. The summed E-state index contributed by atoms with van der Waals surface area (Å²) in [6.45, 7) is 15.4. The van der Waals surface area contributed by atoms with E-state index in [9.17, 15) is 0 Å². The van der Waals surface area contributed by atoms with Gasteiger partial charge in [-0.05, 0) is 43.6 Å². The van der Waals surface area contributed by atoms with Crippen LogP contribution in [0, 0.1) is 11.3 Å². The van der Waals surface area contributed by atoms with E-state index in [1.165, 1.54) is 32.1 Å². The van der Waals surface area contributed by atoms with Crippen LogP contribution < -0.4 is 5.32 Å². The van der Waals surface area contributed by atoms with Gasteiger partial charge in [0.1, 0.15) is 0 Å². The Kier molecular flexibility index (Phi) is 7.24. The second kappa shape index (κ2) is 7.93. The van der Waals surface area contributed by atoms with Gasteiger partial charge in [-0.25, -0.2) is 0 Å². The molecule has 0 aromatic heterocycles. The van der Waals surface area contributed by atoms with Gasteiger partial charge in [-0.1, -0.05) is 48.0 Å². The zero-order valence-electron chi connectivity index (χ0n) is 14.0. The molecule has 2 heteroatoms. The molecule has 0 aromatic carbocycles. The van der Waals surface area contributed by atoms with Crippen molar-refractivity contribution in [1.82, 2.24) is 5.32 Å². The Balaban J connectivity index is 2.67. The normalized spacial score (nSPS) is 30.3. The van der Waals surface area contributed by atoms with E-state index >= 15 is 0 Å². The molecule has 114 valence electrons. The van der Waals surface area contributed by atoms with E-state index in [1.807, 2.05) is 0 Å². The van der Waals surface area contributed by atoms with Crippen LogP contribution in [-0.4, -0.2) is 23.1 Å². The number of rotatable bonds is 7. The van der Waals surface area contributed by atoms with Crippen molar-refractivity contribution in [3.63, 3.8) is 0 Å². The molecule has 1 saturated carbocycles. The molecule has 1 N–H and O–H groups in total. The van der Waals surface area contributed by atoms with Gasteiger partial charge in [-0.2, -0.15) is 11.8 Å². The zero-order chi connectivity index (χ0) is 14.5. The van der Waals surface area contributed by atoms with Crippen molar-refractivity contribution in [3.8, 4) is 0 Å². The molecule has 0 heterocycles. The monoisotopic (exact) mass is 285 g/mol. The third-order valence-corrected chi connectivity index (χ3v) is 6.92. The van der Waals surface area contributed by atoms with Gasteiger partial charge in [0.05, 0.1) is 0 Å². The lowest BCUT2D eigenvalue weighted by molar-refractivity contribution is 0.141. The smallest absolute Gasteiger partial charge is 0.0206 e. The first kappa shape index (κ1) is 17.4. The maximum absolute atomic E-state index is 3.73. The van der Waals surface area contributed by atoms with Crippen molar-refractivity contribution in [2.45, 2.75) is 90.2 Å². The van der Waals surface area contributed by atoms with Crippen LogP contribution in [0.3, 0.4) is 0 Å². The minimum absolute atomic E-state index is 0.519. The summed E-state index contributed by atoms with van der Waals surface area (Å²) in [6, 6.07) is 0.743. The highest BCUT2D eigenvalue weighted by Gasteiger charge is 2.37. The van der Waals surface area contributed by atoms with Crippen LogP contribution >= 0.6 is 11.8 Å². The predicted octanol–water partition coefficient (Wildman–Crippen LogP) is 5.10. The van der Waals surface area contributed by atoms with Gasteiger partial charge in [0.25, 0.3) is 0 Å². The van der Waals surface area contributed by atoms with E-state index in [4.69, 9.17) is 0 Å². The number of nitrogens with one attached hydrogen (secondary N) is 1. The van der Waals surface area contributed by atoms with Crippen LogP contribution in [0.4, 0.5) is 0 Å². The SMILES string of the molecule is CCNC1CCC(C(C)(C)CC)CC1SC(C)CC. The Hall–Kier alpha value is 0.310. The second-order valence-electron chi connectivity index (χ2n) is 6.91. The van der Waals surface area contributed by atoms with Crippen LogP contribution in [0.25, 0.3) is 0 Å². The summed E-state index contributed by atoms with van der Waals surface area (Å²) >= 11 is 2.24. The summed E-state index contributed by atoms with van der Waals surface area (Å²) < 4.78 is 0. The van der Waals surface area contributed by atoms with E-state index in [-0.39, 0.29) is 0 Å². The molecule has 4 unspecified atom stereocenters. The topological polar surface area (TPSA) is 12.0 Å². The van der Waals surface area contributed by atoms with Gasteiger partial charge in [0.15, 0.2) is 0 Å². The highest BCUT2D eigenvalue weighted by atomic mass is 32.2. The molecule has 1 aliphatic rings. The Morgan fingerprint density at radius 1 is 1.21 bits per heavy atom. The summed E-state index contributed by atoms with van der Waals surface area (Å²) in [7, 11) is 0. The van der Waals surface area contributed by atoms with E-state index in [2.05, 4.69) is 58.6 Å². The number of hydrogen-bond donors (Lipinski definition) is 1. The van der Waals surface area contributed by atoms with E-state index in [0.717, 1.165) is 29.0 Å². The maximum Gasteiger partial charge on any atom is 0.0206 e. The quantitative estimate of drug-likeness (QED) is 0.698. The fourth-order valence-electron chi connectivity index (χ4n) is 3.17. The van der Waals surface area contributed by atoms with E-state index in [0.29, 0.717) is 5.41 Å². The molecule has 0 aromatic rings. The first-order valence-corrected chi connectivity index (χ1v) is 9.27.